The summed E-state index contributed by atoms with van der Waals surface area (Å²) in [6.07, 6.45) is 0.887. The van der Waals surface area contributed by atoms with Crippen molar-refractivity contribution in [2.45, 2.75) is 52.7 Å². The molecule has 4 rings (SSSR count). The molecule has 1 amide bonds. The standard InChI is InChI=1S/C29H33NO3/c1-5-32-26-15-14-22(28(31)30-17-16-21-10-6-7-11-23(21)19-30)18-24(26)20-33-27-13-9-8-12-25(27)29(2,3)4/h6-15,18H,5,16-17,19-20H2,1-4H3. The third kappa shape index (κ3) is 5.22. The highest BCUT2D eigenvalue weighted by Gasteiger charge is 2.23. The zero-order chi connectivity index (χ0) is 23.4. The van der Waals surface area contributed by atoms with Gasteiger partial charge in [0.25, 0.3) is 5.91 Å². The molecule has 1 aliphatic rings. The molecular weight excluding hydrogens is 410 g/mol. The van der Waals surface area contributed by atoms with Crippen molar-refractivity contribution in [3.63, 3.8) is 0 Å². The van der Waals surface area contributed by atoms with E-state index in [-0.39, 0.29) is 11.3 Å². The molecule has 0 N–H and O–H groups in total. The van der Waals surface area contributed by atoms with Crippen LogP contribution in [0.2, 0.25) is 0 Å². The summed E-state index contributed by atoms with van der Waals surface area (Å²) in [6.45, 7) is 10.8. The number of ether oxygens (including phenoxy) is 2. The molecule has 0 unspecified atom stereocenters. The summed E-state index contributed by atoms with van der Waals surface area (Å²) in [5, 5.41) is 0. The summed E-state index contributed by atoms with van der Waals surface area (Å²) in [5.74, 6) is 1.66. The summed E-state index contributed by atoms with van der Waals surface area (Å²) in [5.41, 5.74) is 5.23. The van der Waals surface area contributed by atoms with Crippen LogP contribution in [0, 0.1) is 0 Å². The third-order valence-corrected chi connectivity index (χ3v) is 6.10. The van der Waals surface area contributed by atoms with Crippen LogP contribution in [0.4, 0.5) is 0 Å². The Labute approximate surface area is 197 Å². The highest BCUT2D eigenvalue weighted by molar-refractivity contribution is 5.94. The first-order valence-corrected chi connectivity index (χ1v) is 11.7. The van der Waals surface area contributed by atoms with Gasteiger partial charge in [-0.1, -0.05) is 63.2 Å². The van der Waals surface area contributed by atoms with Crippen molar-refractivity contribution in [1.82, 2.24) is 4.90 Å². The van der Waals surface area contributed by atoms with E-state index in [4.69, 9.17) is 9.47 Å². The number of benzene rings is 3. The van der Waals surface area contributed by atoms with Crippen LogP contribution in [0.3, 0.4) is 0 Å². The quantitative estimate of drug-likeness (QED) is 0.458. The number of hydrogen-bond donors (Lipinski definition) is 0. The number of hydrogen-bond acceptors (Lipinski definition) is 3. The maximum Gasteiger partial charge on any atom is 0.254 e. The lowest BCUT2D eigenvalue weighted by Crippen LogP contribution is -2.36. The van der Waals surface area contributed by atoms with Crippen LogP contribution in [-0.4, -0.2) is 24.0 Å². The Morgan fingerprint density at radius 3 is 2.39 bits per heavy atom. The molecule has 0 fully saturated rings. The molecule has 0 saturated carbocycles. The van der Waals surface area contributed by atoms with Crippen molar-refractivity contribution < 1.29 is 14.3 Å². The topological polar surface area (TPSA) is 38.8 Å². The molecule has 1 heterocycles. The number of carbonyl (C=O) groups is 1. The first-order chi connectivity index (χ1) is 15.9. The van der Waals surface area contributed by atoms with E-state index in [2.05, 4.69) is 45.0 Å². The van der Waals surface area contributed by atoms with Gasteiger partial charge in [0, 0.05) is 24.2 Å². The van der Waals surface area contributed by atoms with Crippen molar-refractivity contribution in [2.24, 2.45) is 0 Å². The van der Waals surface area contributed by atoms with Crippen LogP contribution >= 0.6 is 0 Å². The Hall–Kier alpha value is -3.27. The van der Waals surface area contributed by atoms with Crippen LogP contribution < -0.4 is 9.47 Å². The van der Waals surface area contributed by atoms with Gasteiger partial charge in [0.15, 0.2) is 0 Å². The molecule has 172 valence electrons. The van der Waals surface area contributed by atoms with Crippen LogP contribution in [0.25, 0.3) is 0 Å². The molecule has 3 aromatic rings. The van der Waals surface area contributed by atoms with E-state index < -0.39 is 0 Å². The lowest BCUT2D eigenvalue weighted by Gasteiger charge is -2.29. The average molecular weight is 444 g/mol. The minimum atomic E-state index is -0.0261. The van der Waals surface area contributed by atoms with Crippen molar-refractivity contribution in [3.8, 4) is 11.5 Å². The molecule has 0 bridgehead atoms. The third-order valence-electron chi connectivity index (χ3n) is 6.10. The molecule has 4 nitrogen and oxygen atoms in total. The molecule has 1 aliphatic heterocycles. The zero-order valence-corrected chi connectivity index (χ0v) is 20.1. The lowest BCUT2D eigenvalue weighted by molar-refractivity contribution is 0.0734. The number of para-hydroxylation sites is 1. The zero-order valence-electron chi connectivity index (χ0n) is 20.1. The predicted molar refractivity (Wildman–Crippen MR) is 132 cm³/mol. The predicted octanol–water partition coefficient (Wildman–Crippen LogP) is 6.16. The van der Waals surface area contributed by atoms with E-state index >= 15 is 0 Å². The minimum Gasteiger partial charge on any atom is -0.493 e. The van der Waals surface area contributed by atoms with Crippen LogP contribution in [0.15, 0.2) is 66.7 Å². The number of carbonyl (C=O) groups excluding carboxylic acids is 1. The highest BCUT2D eigenvalue weighted by Crippen LogP contribution is 2.32. The minimum absolute atomic E-state index is 0.0261. The molecular formula is C29H33NO3. The Balaban J connectivity index is 1.56. The Bertz CT molecular complexity index is 1130. The number of nitrogens with zero attached hydrogens (tertiary/aromatic N) is 1. The maximum atomic E-state index is 13.3. The van der Waals surface area contributed by atoms with Crippen LogP contribution in [-0.2, 0) is 25.0 Å². The van der Waals surface area contributed by atoms with E-state index in [0.29, 0.717) is 25.3 Å². The summed E-state index contributed by atoms with van der Waals surface area (Å²) >= 11 is 0. The van der Waals surface area contributed by atoms with Gasteiger partial charge < -0.3 is 14.4 Å². The van der Waals surface area contributed by atoms with Gasteiger partial charge in [0.2, 0.25) is 0 Å². The fourth-order valence-corrected chi connectivity index (χ4v) is 4.34. The first-order valence-electron chi connectivity index (χ1n) is 11.7. The Morgan fingerprint density at radius 2 is 1.64 bits per heavy atom. The molecule has 4 heteroatoms. The van der Waals surface area contributed by atoms with Crippen molar-refractivity contribution in [1.29, 1.82) is 0 Å². The fourth-order valence-electron chi connectivity index (χ4n) is 4.34. The van der Waals surface area contributed by atoms with Gasteiger partial charge in [-0.05, 0) is 59.7 Å². The lowest BCUT2D eigenvalue weighted by atomic mass is 9.86. The van der Waals surface area contributed by atoms with Gasteiger partial charge in [-0.15, -0.1) is 0 Å². The van der Waals surface area contributed by atoms with E-state index in [0.717, 1.165) is 35.6 Å². The number of amides is 1. The van der Waals surface area contributed by atoms with Gasteiger partial charge in [-0.3, -0.25) is 4.79 Å². The summed E-state index contributed by atoms with van der Waals surface area (Å²) in [6, 6.07) is 22.2. The number of rotatable bonds is 6. The normalized spacial score (nSPS) is 13.4. The molecule has 0 atom stereocenters. The molecule has 0 aromatic heterocycles. The molecule has 0 saturated heterocycles. The monoisotopic (exact) mass is 443 g/mol. The Kier molecular flexibility index (Phi) is 6.73. The average Bonchev–Trinajstić information content (AvgIpc) is 2.82. The van der Waals surface area contributed by atoms with Crippen molar-refractivity contribution in [2.75, 3.05) is 13.2 Å². The van der Waals surface area contributed by atoms with E-state index in [9.17, 15) is 4.79 Å². The first kappa shape index (κ1) is 22.9. The van der Waals surface area contributed by atoms with Crippen molar-refractivity contribution in [3.05, 3.63) is 94.5 Å². The largest absolute Gasteiger partial charge is 0.493 e. The summed E-state index contributed by atoms with van der Waals surface area (Å²) in [7, 11) is 0. The van der Waals surface area contributed by atoms with Gasteiger partial charge in [-0.25, -0.2) is 0 Å². The smallest absolute Gasteiger partial charge is 0.254 e. The van der Waals surface area contributed by atoms with Crippen LogP contribution in [0.5, 0.6) is 11.5 Å². The van der Waals surface area contributed by atoms with E-state index in [1.165, 1.54) is 11.1 Å². The fraction of sp³-hybridized carbons (Fsp3) is 0.345. The van der Waals surface area contributed by atoms with Gasteiger partial charge in [0.1, 0.15) is 18.1 Å². The molecule has 0 spiro atoms. The SMILES string of the molecule is CCOc1ccc(C(=O)N2CCc3ccccc3C2)cc1COc1ccccc1C(C)(C)C. The van der Waals surface area contributed by atoms with Gasteiger partial charge in [0.05, 0.1) is 6.61 Å². The molecule has 33 heavy (non-hydrogen) atoms. The van der Waals surface area contributed by atoms with Crippen LogP contribution in [0.1, 0.15) is 60.3 Å². The number of fused-ring (bicyclic) bond motifs is 1. The second kappa shape index (κ2) is 9.70. The summed E-state index contributed by atoms with van der Waals surface area (Å²) in [4.78, 5) is 15.3. The summed E-state index contributed by atoms with van der Waals surface area (Å²) < 4.78 is 12.1. The van der Waals surface area contributed by atoms with E-state index in [1.54, 1.807) is 0 Å². The maximum absolute atomic E-state index is 13.3. The molecule has 3 aromatic carbocycles. The van der Waals surface area contributed by atoms with Crippen molar-refractivity contribution >= 4 is 5.91 Å². The van der Waals surface area contributed by atoms with Gasteiger partial charge in [-0.2, -0.15) is 0 Å². The highest BCUT2D eigenvalue weighted by atomic mass is 16.5. The molecule has 0 radical (unpaired) electrons. The second-order valence-corrected chi connectivity index (χ2v) is 9.54. The van der Waals surface area contributed by atoms with E-state index in [1.807, 2.05) is 54.3 Å². The van der Waals surface area contributed by atoms with Gasteiger partial charge >= 0.3 is 0 Å². The molecule has 0 aliphatic carbocycles. The Morgan fingerprint density at radius 1 is 0.909 bits per heavy atom. The second-order valence-electron chi connectivity index (χ2n) is 9.54.